The molecule has 2 heterocycles. The Morgan fingerprint density at radius 3 is 2.16 bits per heavy atom. The van der Waals surface area contributed by atoms with E-state index in [0.29, 0.717) is 18.0 Å². The molecule has 0 radical (unpaired) electrons. The van der Waals surface area contributed by atoms with E-state index in [0.717, 1.165) is 26.4 Å². The number of aliphatic hydroxyl groups excluding tert-OH is 1. The van der Waals surface area contributed by atoms with Crippen LogP contribution in [0.25, 0.3) is 0 Å². The average molecular weight is 428 g/mol. The highest BCUT2D eigenvalue weighted by Gasteiger charge is 2.32. The van der Waals surface area contributed by atoms with Crippen LogP contribution < -0.4 is 10.1 Å². The van der Waals surface area contributed by atoms with Crippen LogP contribution in [-0.4, -0.2) is 11.0 Å². The van der Waals surface area contributed by atoms with Gasteiger partial charge in [-0.1, -0.05) is 66.7 Å². The number of hydrogen-bond acceptors (Lipinski definition) is 4. The summed E-state index contributed by atoms with van der Waals surface area (Å²) < 4.78 is 5.99. The number of fused-ring (bicyclic) bond motifs is 2. The summed E-state index contributed by atoms with van der Waals surface area (Å²) in [6.07, 6.45) is -0.662. The Labute approximate surface area is 184 Å². The lowest BCUT2D eigenvalue weighted by Crippen LogP contribution is -2.31. The number of rotatable bonds is 5. The summed E-state index contributed by atoms with van der Waals surface area (Å²) in [5.74, 6) is 0.939. The molecule has 0 saturated heterocycles. The Morgan fingerprint density at radius 2 is 1.48 bits per heavy atom. The SMILES string of the molecule is O=C(NCc1ccc(C(O)c2ccccc2)s1)C1c2ccccc2Oc2ccccc21. The lowest BCUT2D eigenvalue weighted by molar-refractivity contribution is -0.122. The molecule has 2 N–H and O–H groups in total. The lowest BCUT2D eigenvalue weighted by Gasteiger charge is -2.27. The van der Waals surface area contributed by atoms with Crippen LogP contribution in [0.2, 0.25) is 0 Å². The van der Waals surface area contributed by atoms with E-state index < -0.39 is 12.0 Å². The van der Waals surface area contributed by atoms with Gasteiger partial charge in [-0.2, -0.15) is 0 Å². The van der Waals surface area contributed by atoms with E-state index in [1.165, 1.54) is 11.3 Å². The molecular formula is C26H21NO3S. The van der Waals surface area contributed by atoms with Crippen molar-refractivity contribution in [3.05, 3.63) is 117 Å². The van der Waals surface area contributed by atoms with E-state index >= 15 is 0 Å². The molecule has 0 spiro atoms. The number of aliphatic hydroxyl groups is 1. The molecule has 1 amide bonds. The average Bonchev–Trinajstić information content (AvgIpc) is 3.30. The van der Waals surface area contributed by atoms with E-state index in [1.807, 2.05) is 91.0 Å². The topological polar surface area (TPSA) is 58.6 Å². The molecule has 1 aliphatic rings. The number of thiophene rings is 1. The van der Waals surface area contributed by atoms with Crippen molar-refractivity contribution in [2.45, 2.75) is 18.6 Å². The molecule has 5 heteroatoms. The van der Waals surface area contributed by atoms with Crippen LogP contribution >= 0.6 is 11.3 Å². The molecule has 0 fully saturated rings. The summed E-state index contributed by atoms with van der Waals surface area (Å²) >= 11 is 1.51. The Hall–Kier alpha value is -3.41. The molecule has 3 aromatic carbocycles. The fourth-order valence-electron chi connectivity index (χ4n) is 3.90. The van der Waals surface area contributed by atoms with Gasteiger partial charge < -0.3 is 15.2 Å². The Kier molecular flexibility index (Phi) is 5.28. The number of carbonyl (C=O) groups excluding carboxylic acids is 1. The molecule has 1 unspecified atom stereocenters. The van der Waals surface area contributed by atoms with Crippen LogP contribution in [-0.2, 0) is 11.3 Å². The minimum atomic E-state index is -0.662. The molecule has 1 aliphatic heterocycles. The molecule has 0 saturated carbocycles. The van der Waals surface area contributed by atoms with Gasteiger partial charge in [-0.05, 0) is 29.8 Å². The quantitative estimate of drug-likeness (QED) is 0.449. The monoisotopic (exact) mass is 427 g/mol. The molecule has 4 nitrogen and oxygen atoms in total. The van der Waals surface area contributed by atoms with Gasteiger partial charge in [0, 0.05) is 20.9 Å². The van der Waals surface area contributed by atoms with Gasteiger partial charge in [0.15, 0.2) is 0 Å². The second kappa shape index (κ2) is 8.38. The smallest absolute Gasteiger partial charge is 0.232 e. The molecule has 154 valence electrons. The van der Waals surface area contributed by atoms with E-state index in [1.54, 1.807) is 0 Å². The zero-order valence-electron chi connectivity index (χ0n) is 16.7. The van der Waals surface area contributed by atoms with Crippen molar-refractivity contribution in [2.75, 3.05) is 0 Å². The van der Waals surface area contributed by atoms with Gasteiger partial charge in [-0.15, -0.1) is 11.3 Å². The summed E-state index contributed by atoms with van der Waals surface area (Å²) in [6, 6.07) is 28.8. The lowest BCUT2D eigenvalue weighted by atomic mass is 9.87. The van der Waals surface area contributed by atoms with E-state index in [-0.39, 0.29) is 5.91 Å². The van der Waals surface area contributed by atoms with Gasteiger partial charge >= 0.3 is 0 Å². The van der Waals surface area contributed by atoms with Gasteiger partial charge in [0.1, 0.15) is 17.6 Å². The largest absolute Gasteiger partial charge is 0.457 e. The number of hydrogen-bond donors (Lipinski definition) is 2. The van der Waals surface area contributed by atoms with Crippen molar-refractivity contribution in [1.82, 2.24) is 5.32 Å². The summed E-state index contributed by atoms with van der Waals surface area (Å²) in [7, 11) is 0. The van der Waals surface area contributed by atoms with Crippen molar-refractivity contribution in [1.29, 1.82) is 0 Å². The molecular weight excluding hydrogens is 406 g/mol. The van der Waals surface area contributed by atoms with E-state index in [9.17, 15) is 9.90 Å². The number of carbonyl (C=O) groups is 1. The Bertz CT molecular complexity index is 1170. The zero-order valence-corrected chi connectivity index (χ0v) is 17.5. The maximum Gasteiger partial charge on any atom is 0.232 e. The van der Waals surface area contributed by atoms with Gasteiger partial charge in [-0.25, -0.2) is 0 Å². The molecule has 31 heavy (non-hydrogen) atoms. The summed E-state index contributed by atoms with van der Waals surface area (Å²) in [5.41, 5.74) is 2.59. The maximum absolute atomic E-state index is 13.2. The Balaban J connectivity index is 1.34. The normalized spacial score (nSPS) is 13.6. The third-order valence-corrected chi connectivity index (χ3v) is 6.58. The number of nitrogens with one attached hydrogen (secondary N) is 1. The molecule has 5 rings (SSSR count). The molecule has 0 bridgehead atoms. The van der Waals surface area contributed by atoms with E-state index in [2.05, 4.69) is 5.32 Å². The molecule has 4 aromatic rings. The van der Waals surface area contributed by atoms with Crippen LogP contribution in [0.15, 0.2) is 91.0 Å². The highest BCUT2D eigenvalue weighted by Crippen LogP contribution is 2.44. The van der Waals surface area contributed by atoms with Crippen LogP contribution in [0.3, 0.4) is 0 Å². The predicted molar refractivity (Wildman–Crippen MR) is 121 cm³/mol. The molecule has 0 aliphatic carbocycles. The first-order valence-electron chi connectivity index (χ1n) is 10.2. The van der Waals surface area contributed by atoms with Crippen LogP contribution in [0.1, 0.15) is 38.5 Å². The van der Waals surface area contributed by atoms with Gasteiger partial charge in [0.2, 0.25) is 5.91 Å². The van der Waals surface area contributed by atoms with Gasteiger partial charge in [-0.3, -0.25) is 4.79 Å². The van der Waals surface area contributed by atoms with Crippen molar-refractivity contribution < 1.29 is 14.6 Å². The number of ether oxygens (including phenoxy) is 1. The summed E-state index contributed by atoms with van der Waals surface area (Å²) in [4.78, 5) is 15.1. The zero-order chi connectivity index (χ0) is 21.2. The first kappa shape index (κ1) is 19.5. The maximum atomic E-state index is 13.2. The minimum absolute atomic E-state index is 0.0678. The highest BCUT2D eigenvalue weighted by molar-refractivity contribution is 7.12. The molecule has 1 atom stereocenters. The van der Waals surface area contributed by atoms with Crippen molar-refractivity contribution in [3.8, 4) is 11.5 Å². The highest BCUT2D eigenvalue weighted by atomic mass is 32.1. The minimum Gasteiger partial charge on any atom is -0.457 e. The standard InChI is InChI=1S/C26H21NO3S/c28-25(17-8-2-1-3-9-17)23-15-14-18(31-23)16-27-26(29)24-19-10-4-6-12-21(19)30-22-13-7-5-11-20(22)24/h1-15,24-25,28H,16H2,(H,27,29). The van der Waals surface area contributed by atoms with Crippen molar-refractivity contribution in [2.24, 2.45) is 0 Å². The van der Waals surface area contributed by atoms with Crippen molar-refractivity contribution in [3.63, 3.8) is 0 Å². The first-order chi connectivity index (χ1) is 15.2. The van der Waals surface area contributed by atoms with Crippen LogP contribution in [0.5, 0.6) is 11.5 Å². The predicted octanol–water partition coefficient (Wildman–Crippen LogP) is 5.38. The fourth-order valence-corrected chi connectivity index (χ4v) is 4.87. The Morgan fingerprint density at radius 1 is 0.871 bits per heavy atom. The fraction of sp³-hybridized carbons (Fsp3) is 0.115. The third-order valence-electron chi connectivity index (χ3n) is 5.45. The number of para-hydroxylation sites is 2. The second-order valence-electron chi connectivity index (χ2n) is 7.45. The summed E-state index contributed by atoms with van der Waals surface area (Å²) in [6.45, 7) is 0.409. The first-order valence-corrected chi connectivity index (χ1v) is 11.0. The second-order valence-corrected chi connectivity index (χ2v) is 8.65. The van der Waals surface area contributed by atoms with Crippen LogP contribution in [0, 0.1) is 0 Å². The summed E-state index contributed by atoms with van der Waals surface area (Å²) in [5, 5.41) is 13.7. The number of benzene rings is 3. The van der Waals surface area contributed by atoms with E-state index in [4.69, 9.17) is 4.74 Å². The molecule has 1 aromatic heterocycles. The third kappa shape index (κ3) is 3.85. The van der Waals surface area contributed by atoms with Gasteiger partial charge in [0.05, 0.1) is 12.5 Å². The number of amides is 1. The van der Waals surface area contributed by atoms with Crippen LogP contribution in [0.4, 0.5) is 0 Å². The van der Waals surface area contributed by atoms with Gasteiger partial charge in [0.25, 0.3) is 0 Å². The van der Waals surface area contributed by atoms with Crippen molar-refractivity contribution >= 4 is 17.2 Å².